The van der Waals surface area contributed by atoms with E-state index < -0.39 is 0 Å². The normalized spacial score (nSPS) is 10.0. The second-order valence-electron chi connectivity index (χ2n) is 4.10. The van der Waals surface area contributed by atoms with Crippen LogP contribution in [0.1, 0.15) is 48.5 Å². The van der Waals surface area contributed by atoms with Crippen molar-refractivity contribution in [2.75, 3.05) is 19.6 Å². The molecule has 2 nitrogen and oxygen atoms in total. The van der Waals surface area contributed by atoms with Crippen LogP contribution in [0, 0.1) is 0 Å². The molecule has 0 aliphatic heterocycles. The van der Waals surface area contributed by atoms with Crippen molar-refractivity contribution in [3.63, 3.8) is 0 Å². The van der Waals surface area contributed by atoms with Gasteiger partial charge in [0.1, 0.15) is 0 Å². The van der Waals surface area contributed by atoms with Gasteiger partial charge < -0.3 is 10.2 Å². The van der Waals surface area contributed by atoms with Crippen molar-refractivity contribution >= 4 is 18.9 Å². The summed E-state index contributed by atoms with van der Waals surface area (Å²) in [6.45, 7) is 18.7. The predicted molar refractivity (Wildman–Crippen MR) is 74.0 cm³/mol. The zero-order valence-electron chi connectivity index (χ0n) is 11.2. The zero-order chi connectivity index (χ0) is 11.6. The van der Waals surface area contributed by atoms with Gasteiger partial charge in [-0.25, -0.2) is 0 Å². The Morgan fingerprint density at radius 2 is 1.07 bits per heavy atom. The Balaban J connectivity index is -0.000000180. The first kappa shape index (κ1) is 20.9. The minimum atomic E-state index is 0. The zero-order valence-corrected chi connectivity index (χ0v) is 11.2. The molecule has 0 heterocycles. The van der Waals surface area contributed by atoms with Crippen LogP contribution in [0.2, 0.25) is 0 Å². The van der Waals surface area contributed by atoms with E-state index in [1.165, 1.54) is 19.6 Å². The molecule has 0 radical (unpaired) electrons. The monoisotopic (exact) mass is 210 g/mol. The van der Waals surface area contributed by atoms with Crippen LogP contribution in [0.3, 0.4) is 0 Å². The van der Waals surface area contributed by atoms with Gasteiger partial charge in [-0.2, -0.15) is 0 Å². The maximum atomic E-state index is 3.31. The first-order valence-corrected chi connectivity index (χ1v) is 5.96. The SMILES string of the molecule is CC(C)NC(C)C.CCN(CC)CC.[LiH]. The molecule has 0 saturated carbocycles. The molecule has 0 aliphatic rings. The summed E-state index contributed by atoms with van der Waals surface area (Å²) < 4.78 is 0. The van der Waals surface area contributed by atoms with Crippen molar-refractivity contribution in [2.45, 2.75) is 60.5 Å². The second-order valence-corrected chi connectivity index (χ2v) is 4.10. The van der Waals surface area contributed by atoms with E-state index in [4.69, 9.17) is 0 Å². The molecule has 0 aromatic carbocycles. The quantitative estimate of drug-likeness (QED) is 0.699. The van der Waals surface area contributed by atoms with E-state index in [0.717, 1.165) is 0 Å². The van der Waals surface area contributed by atoms with E-state index in [2.05, 4.69) is 58.7 Å². The predicted octanol–water partition coefficient (Wildman–Crippen LogP) is 2.09. The first-order chi connectivity index (χ1) is 6.47. The molecule has 1 N–H and O–H groups in total. The number of hydrogen-bond acceptors (Lipinski definition) is 2. The van der Waals surface area contributed by atoms with Crippen LogP contribution >= 0.6 is 0 Å². The van der Waals surface area contributed by atoms with Gasteiger partial charge in [-0.05, 0) is 19.6 Å². The second kappa shape index (κ2) is 14.5. The third-order valence-corrected chi connectivity index (χ3v) is 2.01. The van der Waals surface area contributed by atoms with Gasteiger partial charge in [0, 0.05) is 12.1 Å². The van der Waals surface area contributed by atoms with Crippen molar-refractivity contribution in [1.29, 1.82) is 0 Å². The van der Waals surface area contributed by atoms with Crippen LogP contribution in [0.15, 0.2) is 0 Å². The molecule has 90 valence electrons. The van der Waals surface area contributed by atoms with Crippen molar-refractivity contribution in [2.24, 2.45) is 0 Å². The van der Waals surface area contributed by atoms with E-state index >= 15 is 0 Å². The summed E-state index contributed by atoms with van der Waals surface area (Å²) in [6.07, 6.45) is 0. The van der Waals surface area contributed by atoms with Gasteiger partial charge in [-0.3, -0.25) is 0 Å². The van der Waals surface area contributed by atoms with Crippen LogP contribution in [-0.2, 0) is 0 Å². The van der Waals surface area contributed by atoms with Crippen molar-refractivity contribution < 1.29 is 0 Å². The molecule has 0 rings (SSSR count). The molecule has 0 unspecified atom stereocenters. The van der Waals surface area contributed by atoms with Gasteiger partial charge in [0.25, 0.3) is 0 Å². The third kappa shape index (κ3) is 20.6. The molecule has 0 saturated heterocycles. The Kier molecular flexibility index (Phi) is 20.2. The Labute approximate surface area is 109 Å². The first-order valence-electron chi connectivity index (χ1n) is 5.96. The molecule has 0 aromatic rings. The van der Waals surface area contributed by atoms with Crippen LogP contribution in [-0.4, -0.2) is 55.5 Å². The van der Waals surface area contributed by atoms with E-state index in [1.807, 2.05) is 0 Å². The van der Waals surface area contributed by atoms with Crippen molar-refractivity contribution in [3.05, 3.63) is 0 Å². The molecule has 0 atom stereocenters. The topological polar surface area (TPSA) is 15.3 Å². The van der Waals surface area contributed by atoms with Crippen molar-refractivity contribution in [3.8, 4) is 0 Å². The average Bonchev–Trinajstić information content (AvgIpc) is 2.06. The Morgan fingerprint density at radius 1 is 0.800 bits per heavy atom. The number of hydrogen-bond donors (Lipinski definition) is 1. The molecule has 0 aromatic heterocycles. The van der Waals surface area contributed by atoms with Crippen molar-refractivity contribution in [1.82, 2.24) is 10.2 Å². The number of rotatable bonds is 5. The Bertz CT molecular complexity index is 90.3. The molecule has 0 amide bonds. The molecule has 15 heavy (non-hydrogen) atoms. The fourth-order valence-electron chi connectivity index (χ4n) is 1.34. The molecule has 0 aliphatic carbocycles. The van der Waals surface area contributed by atoms with Crippen LogP contribution < -0.4 is 5.32 Å². The summed E-state index contributed by atoms with van der Waals surface area (Å²) in [4.78, 5) is 2.38. The standard InChI is InChI=1S/2C6H15N.Li.H/c1-5(2)7-6(3)4;1-4-7(5-2)6-3;;/h5-7H,1-4H3;4-6H2,1-3H3;;. The van der Waals surface area contributed by atoms with E-state index in [0.29, 0.717) is 12.1 Å². The van der Waals surface area contributed by atoms with Crippen LogP contribution in [0.25, 0.3) is 0 Å². The molecular formula is C12H31LiN2. The van der Waals surface area contributed by atoms with Gasteiger partial charge in [-0.1, -0.05) is 48.5 Å². The van der Waals surface area contributed by atoms with Gasteiger partial charge in [0.15, 0.2) is 0 Å². The number of nitrogens with zero attached hydrogens (tertiary/aromatic N) is 1. The molecule has 3 heteroatoms. The Morgan fingerprint density at radius 3 is 1.07 bits per heavy atom. The molecular weight excluding hydrogens is 179 g/mol. The third-order valence-electron chi connectivity index (χ3n) is 2.01. The van der Waals surface area contributed by atoms with Crippen LogP contribution in [0.5, 0.6) is 0 Å². The minimum absolute atomic E-state index is 0. The van der Waals surface area contributed by atoms with Gasteiger partial charge in [0.05, 0.1) is 0 Å². The summed E-state index contributed by atoms with van der Waals surface area (Å²) in [6, 6.07) is 1.25. The molecule has 0 spiro atoms. The summed E-state index contributed by atoms with van der Waals surface area (Å²) in [5.41, 5.74) is 0. The maximum absolute atomic E-state index is 3.31. The molecule has 0 fully saturated rings. The summed E-state index contributed by atoms with van der Waals surface area (Å²) in [5, 5.41) is 3.31. The fourth-order valence-corrected chi connectivity index (χ4v) is 1.34. The van der Waals surface area contributed by atoms with E-state index in [9.17, 15) is 0 Å². The average molecular weight is 210 g/mol. The van der Waals surface area contributed by atoms with Gasteiger partial charge in [-0.15, -0.1) is 0 Å². The van der Waals surface area contributed by atoms with E-state index in [-0.39, 0.29) is 18.9 Å². The number of nitrogens with one attached hydrogen (secondary N) is 1. The summed E-state index contributed by atoms with van der Waals surface area (Å²) in [7, 11) is 0. The molecule has 0 bridgehead atoms. The van der Waals surface area contributed by atoms with Crippen LogP contribution in [0.4, 0.5) is 0 Å². The van der Waals surface area contributed by atoms with Gasteiger partial charge in [0.2, 0.25) is 0 Å². The van der Waals surface area contributed by atoms with Gasteiger partial charge >= 0.3 is 18.9 Å². The fraction of sp³-hybridized carbons (Fsp3) is 1.00. The summed E-state index contributed by atoms with van der Waals surface area (Å²) >= 11 is 0. The summed E-state index contributed by atoms with van der Waals surface area (Å²) in [5.74, 6) is 0. The Hall–Kier alpha value is 0.517. The van der Waals surface area contributed by atoms with E-state index in [1.54, 1.807) is 0 Å².